The van der Waals surface area contributed by atoms with Gasteiger partial charge >= 0.3 is 6.18 Å². The van der Waals surface area contributed by atoms with Crippen LogP contribution in [0.1, 0.15) is 28.7 Å². The highest BCUT2D eigenvalue weighted by molar-refractivity contribution is 5.97. The Balaban J connectivity index is 1.95. The molecule has 0 aliphatic carbocycles. The van der Waals surface area contributed by atoms with Gasteiger partial charge in [-0.25, -0.2) is 9.37 Å². The number of ether oxygens (including phenoxy) is 1. The van der Waals surface area contributed by atoms with E-state index in [0.29, 0.717) is 5.56 Å². The summed E-state index contributed by atoms with van der Waals surface area (Å²) in [6.45, 7) is 1.95. The number of rotatable bonds is 6. The van der Waals surface area contributed by atoms with Crippen LogP contribution in [-0.4, -0.2) is 40.5 Å². The molecule has 0 aliphatic heterocycles. The topological polar surface area (TPSA) is 58.2 Å². The normalized spacial score (nSPS) is 12.9. The number of amides is 1. The number of hydrogen-bond donors (Lipinski definition) is 1. The van der Waals surface area contributed by atoms with Gasteiger partial charge in [0.05, 0.1) is 23.7 Å². The Morgan fingerprint density at radius 3 is 2.62 bits per heavy atom. The van der Waals surface area contributed by atoms with Gasteiger partial charge in [0.25, 0.3) is 5.91 Å². The van der Waals surface area contributed by atoms with Crippen molar-refractivity contribution in [3.05, 3.63) is 65.2 Å². The van der Waals surface area contributed by atoms with Crippen LogP contribution in [0.15, 0.2) is 42.5 Å². The molecule has 3 aromatic rings. The van der Waals surface area contributed by atoms with Crippen LogP contribution < -0.4 is 0 Å². The quantitative estimate of drug-likeness (QED) is 0.614. The Kier molecular flexibility index (Phi) is 5.88. The fraction of sp³-hybridized carbons (Fsp3) is 0.300. The molecule has 1 heterocycles. The van der Waals surface area contributed by atoms with Crippen molar-refractivity contribution in [1.29, 1.82) is 0 Å². The predicted octanol–water partition coefficient (Wildman–Crippen LogP) is 4.40. The largest absolute Gasteiger partial charge is 0.449 e. The first-order valence-corrected chi connectivity index (χ1v) is 8.81. The molecular formula is C20H19F4N3O2. The minimum atomic E-state index is -4.62. The third-order valence-corrected chi connectivity index (χ3v) is 4.50. The zero-order valence-electron chi connectivity index (χ0n) is 15.8. The third-order valence-electron chi connectivity index (χ3n) is 4.50. The Bertz CT molecular complexity index is 1020. The van der Waals surface area contributed by atoms with E-state index in [1.54, 1.807) is 25.1 Å². The number of alkyl halides is 3. The molecule has 3 rings (SSSR count). The molecule has 1 unspecified atom stereocenters. The molecule has 0 aliphatic rings. The summed E-state index contributed by atoms with van der Waals surface area (Å²) in [6, 6.07) is 9.75. The van der Waals surface area contributed by atoms with Crippen molar-refractivity contribution in [3.63, 3.8) is 0 Å². The average Bonchev–Trinajstić information content (AvgIpc) is 3.11. The molecule has 0 spiro atoms. The summed E-state index contributed by atoms with van der Waals surface area (Å²) in [5.74, 6) is -2.04. The van der Waals surface area contributed by atoms with Crippen molar-refractivity contribution in [1.82, 2.24) is 14.9 Å². The van der Waals surface area contributed by atoms with Crippen LogP contribution in [-0.2, 0) is 17.5 Å². The van der Waals surface area contributed by atoms with Gasteiger partial charge in [-0.2, -0.15) is 13.2 Å². The standard InChI is InChI=1S/C20H19F4N3O2/c1-12(11-29-2)27(10-14-5-3-4-6-15(14)21)18(28)13-7-8-16-17(9-13)26-19(25-16)20(22,23)24/h3-9,12H,10-11H2,1-2H3,(H,25,26). The highest BCUT2D eigenvalue weighted by Gasteiger charge is 2.35. The summed E-state index contributed by atoms with van der Waals surface area (Å²) in [5.41, 5.74) is 0.674. The van der Waals surface area contributed by atoms with Gasteiger partial charge in [-0.15, -0.1) is 0 Å². The molecule has 5 nitrogen and oxygen atoms in total. The Morgan fingerprint density at radius 1 is 1.24 bits per heavy atom. The SMILES string of the molecule is COCC(C)N(Cc1ccccc1F)C(=O)c1ccc2nc(C(F)(F)F)[nH]c2c1. The summed E-state index contributed by atoms with van der Waals surface area (Å²) in [7, 11) is 1.48. The number of carbonyl (C=O) groups is 1. The second-order valence-electron chi connectivity index (χ2n) is 6.64. The second kappa shape index (κ2) is 8.20. The highest BCUT2D eigenvalue weighted by Crippen LogP contribution is 2.29. The number of aromatic amines is 1. The van der Waals surface area contributed by atoms with Crippen molar-refractivity contribution in [2.45, 2.75) is 25.7 Å². The number of hydrogen-bond acceptors (Lipinski definition) is 3. The molecule has 0 fully saturated rings. The van der Waals surface area contributed by atoms with Crippen molar-refractivity contribution in [3.8, 4) is 0 Å². The monoisotopic (exact) mass is 409 g/mol. The third kappa shape index (κ3) is 4.56. The van der Waals surface area contributed by atoms with Crippen LogP contribution in [0.2, 0.25) is 0 Å². The molecule has 154 valence electrons. The van der Waals surface area contributed by atoms with Crippen LogP contribution in [0.25, 0.3) is 11.0 Å². The minimum Gasteiger partial charge on any atom is -0.383 e. The zero-order chi connectivity index (χ0) is 21.2. The van der Waals surface area contributed by atoms with E-state index >= 15 is 0 Å². The summed E-state index contributed by atoms with van der Waals surface area (Å²) < 4.78 is 57.8. The lowest BCUT2D eigenvalue weighted by Crippen LogP contribution is -2.40. The molecule has 9 heteroatoms. The summed E-state index contributed by atoms with van der Waals surface area (Å²) in [4.78, 5) is 20.2. The minimum absolute atomic E-state index is 0.00908. The average molecular weight is 409 g/mol. The second-order valence-corrected chi connectivity index (χ2v) is 6.64. The van der Waals surface area contributed by atoms with Crippen LogP contribution in [0.4, 0.5) is 17.6 Å². The molecule has 29 heavy (non-hydrogen) atoms. The number of nitrogens with one attached hydrogen (secondary N) is 1. The van der Waals surface area contributed by atoms with E-state index in [-0.39, 0.29) is 29.7 Å². The van der Waals surface area contributed by atoms with E-state index in [2.05, 4.69) is 9.97 Å². The van der Waals surface area contributed by atoms with E-state index in [1.807, 2.05) is 0 Å². The maximum atomic E-state index is 14.1. The van der Waals surface area contributed by atoms with Gasteiger partial charge in [-0.05, 0) is 31.2 Å². The fourth-order valence-electron chi connectivity index (χ4n) is 3.01. The molecule has 1 aromatic heterocycles. The molecule has 0 radical (unpaired) electrons. The van der Waals surface area contributed by atoms with Crippen molar-refractivity contribution in [2.75, 3.05) is 13.7 Å². The maximum absolute atomic E-state index is 14.1. The number of methoxy groups -OCH3 is 1. The Hall–Kier alpha value is -2.94. The van der Waals surface area contributed by atoms with E-state index in [9.17, 15) is 22.4 Å². The molecule has 1 atom stereocenters. The number of imidazole rings is 1. The fourth-order valence-corrected chi connectivity index (χ4v) is 3.01. The lowest BCUT2D eigenvalue weighted by Gasteiger charge is -2.29. The Labute approximate surface area is 164 Å². The van der Waals surface area contributed by atoms with Crippen molar-refractivity contribution in [2.24, 2.45) is 0 Å². The molecule has 0 saturated heterocycles. The van der Waals surface area contributed by atoms with Crippen molar-refractivity contribution >= 4 is 16.9 Å². The molecule has 0 saturated carbocycles. The van der Waals surface area contributed by atoms with E-state index in [1.165, 1.54) is 36.3 Å². The highest BCUT2D eigenvalue weighted by atomic mass is 19.4. The van der Waals surface area contributed by atoms with E-state index in [0.717, 1.165) is 0 Å². The molecule has 2 aromatic carbocycles. The first kappa shape index (κ1) is 20.8. The molecule has 1 N–H and O–H groups in total. The van der Waals surface area contributed by atoms with E-state index in [4.69, 9.17) is 4.74 Å². The van der Waals surface area contributed by atoms with Gasteiger partial charge in [-0.1, -0.05) is 18.2 Å². The van der Waals surface area contributed by atoms with Crippen molar-refractivity contribution < 1.29 is 27.1 Å². The zero-order valence-corrected chi connectivity index (χ0v) is 15.8. The predicted molar refractivity (Wildman–Crippen MR) is 98.7 cm³/mol. The van der Waals surface area contributed by atoms with Crippen LogP contribution in [0.5, 0.6) is 0 Å². The number of H-pyrrole nitrogens is 1. The maximum Gasteiger partial charge on any atom is 0.449 e. The summed E-state index contributed by atoms with van der Waals surface area (Å²) >= 11 is 0. The van der Waals surface area contributed by atoms with Gasteiger partial charge in [0, 0.05) is 24.8 Å². The van der Waals surface area contributed by atoms with Gasteiger partial charge < -0.3 is 14.6 Å². The number of halogens is 4. The van der Waals surface area contributed by atoms with Gasteiger partial charge in [0.1, 0.15) is 5.82 Å². The number of nitrogens with zero attached hydrogens (tertiary/aromatic N) is 2. The smallest absolute Gasteiger partial charge is 0.383 e. The molecule has 0 bridgehead atoms. The van der Waals surface area contributed by atoms with Crippen LogP contribution in [0.3, 0.4) is 0 Å². The van der Waals surface area contributed by atoms with Crippen LogP contribution >= 0.6 is 0 Å². The van der Waals surface area contributed by atoms with Gasteiger partial charge in [-0.3, -0.25) is 4.79 Å². The molecular weight excluding hydrogens is 390 g/mol. The number of carbonyl (C=O) groups excluding carboxylic acids is 1. The molecule has 1 amide bonds. The number of aromatic nitrogens is 2. The first-order chi connectivity index (χ1) is 13.7. The lowest BCUT2D eigenvalue weighted by atomic mass is 10.1. The van der Waals surface area contributed by atoms with Crippen LogP contribution in [0, 0.1) is 5.82 Å². The lowest BCUT2D eigenvalue weighted by molar-refractivity contribution is -0.144. The number of benzene rings is 2. The Morgan fingerprint density at radius 2 is 1.97 bits per heavy atom. The first-order valence-electron chi connectivity index (χ1n) is 8.81. The van der Waals surface area contributed by atoms with Gasteiger partial charge in [0.2, 0.25) is 5.82 Å². The summed E-state index contributed by atoms with van der Waals surface area (Å²) in [5, 5.41) is 0. The van der Waals surface area contributed by atoms with Gasteiger partial charge in [0.15, 0.2) is 0 Å². The van der Waals surface area contributed by atoms with E-state index < -0.39 is 29.8 Å². The summed E-state index contributed by atoms with van der Waals surface area (Å²) in [6.07, 6.45) is -4.62. The number of fused-ring (bicyclic) bond motifs is 1.